The van der Waals surface area contributed by atoms with Crippen LogP contribution in [0.2, 0.25) is 57.4 Å². The van der Waals surface area contributed by atoms with Gasteiger partial charge in [-0.2, -0.15) is 0 Å². The zero-order valence-electron chi connectivity index (χ0n) is 15.5. The van der Waals surface area contributed by atoms with Crippen molar-refractivity contribution in [2.24, 2.45) is 0 Å². The molecule has 0 aromatic heterocycles. The minimum atomic E-state index is -1.70. The summed E-state index contributed by atoms with van der Waals surface area (Å²) in [6.07, 6.45) is 3.35. The molecular weight excluding hydrogens is 310 g/mol. The van der Waals surface area contributed by atoms with Crippen LogP contribution in [-0.4, -0.2) is 50.4 Å². The lowest BCUT2D eigenvalue weighted by Crippen LogP contribution is -2.55. The molecule has 0 aliphatic rings. The number of hydrogen-bond acceptors (Lipinski definition) is 3. The Kier molecular flexibility index (Phi) is 10.6. The molecule has 21 heavy (non-hydrogen) atoms. The fourth-order valence-electron chi connectivity index (χ4n) is 2.60. The average molecular weight is 350 g/mol. The monoisotopic (exact) mass is 349 g/mol. The summed E-state index contributed by atoms with van der Waals surface area (Å²) in [5.41, 5.74) is -0.507. The van der Waals surface area contributed by atoms with E-state index < -0.39 is 31.6 Å². The maximum absolute atomic E-state index is 9.88. The normalized spacial score (nSPS) is 15.7. The predicted octanol–water partition coefficient (Wildman–Crippen LogP) is 3.26. The van der Waals surface area contributed by atoms with Gasteiger partial charge in [0.2, 0.25) is 0 Å². The molecule has 0 aliphatic heterocycles. The topological polar surface area (TPSA) is 41.5 Å². The summed E-state index contributed by atoms with van der Waals surface area (Å²) in [6.45, 7) is 14.3. The first-order chi connectivity index (χ1) is 9.66. The molecule has 0 fully saturated rings. The third kappa shape index (κ3) is 10.0. The Morgan fingerprint density at radius 2 is 1.62 bits per heavy atom. The fraction of sp³-hybridized carbons (Fsp3) is 1.00. The molecular formula is C15H39NO2Si3. The van der Waals surface area contributed by atoms with E-state index in [4.69, 9.17) is 4.43 Å². The zero-order valence-corrected chi connectivity index (χ0v) is 18.8. The van der Waals surface area contributed by atoms with Crippen molar-refractivity contribution in [1.29, 1.82) is 0 Å². The van der Waals surface area contributed by atoms with Crippen molar-refractivity contribution in [3.8, 4) is 0 Å². The number of rotatable bonds is 12. The predicted molar refractivity (Wildman–Crippen MR) is 103 cm³/mol. The van der Waals surface area contributed by atoms with Gasteiger partial charge >= 0.3 is 0 Å². The molecule has 0 radical (unpaired) electrons. The van der Waals surface area contributed by atoms with E-state index in [1.165, 1.54) is 24.6 Å². The Labute approximate surface area is 137 Å². The second kappa shape index (κ2) is 10.3. The SMILES string of the molecule is CNC(CO)(CCCC[SiH](C)C)O[Si](C)(C)CC[SiH](C)C. The number of likely N-dealkylation sites (N-methyl/N-ethyl adjacent to an activating group) is 1. The van der Waals surface area contributed by atoms with Gasteiger partial charge in [-0.15, -0.1) is 0 Å². The lowest BCUT2D eigenvalue weighted by atomic mass is 10.1. The van der Waals surface area contributed by atoms with Crippen molar-refractivity contribution >= 4 is 25.9 Å². The maximum atomic E-state index is 9.88. The van der Waals surface area contributed by atoms with Gasteiger partial charge in [0.05, 0.1) is 6.61 Å². The van der Waals surface area contributed by atoms with Crippen LogP contribution < -0.4 is 5.32 Å². The van der Waals surface area contributed by atoms with E-state index in [1.807, 2.05) is 7.05 Å². The smallest absolute Gasteiger partial charge is 0.189 e. The van der Waals surface area contributed by atoms with Gasteiger partial charge in [-0.05, 0) is 39.0 Å². The van der Waals surface area contributed by atoms with E-state index in [-0.39, 0.29) is 6.61 Å². The quantitative estimate of drug-likeness (QED) is 0.323. The van der Waals surface area contributed by atoms with E-state index in [1.54, 1.807) is 0 Å². The molecule has 0 bridgehead atoms. The van der Waals surface area contributed by atoms with Crippen molar-refractivity contribution in [1.82, 2.24) is 5.32 Å². The van der Waals surface area contributed by atoms with Gasteiger partial charge in [-0.1, -0.05) is 44.7 Å². The van der Waals surface area contributed by atoms with Crippen LogP contribution >= 0.6 is 0 Å². The molecule has 2 N–H and O–H groups in total. The van der Waals surface area contributed by atoms with Gasteiger partial charge in [0.15, 0.2) is 8.32 Å². The minimum absolute atomic E-state index is 0.0815. The second-order valence-electron chi connectivity index (χ2n) is 7.84. The van der Waals surface area contributed by atoms with Gasteiger partial charge < -0.3 is 9.53 Å². The molecule has 1 atom stereocenters. The van der Waals surface area contributed by atoms with E-state index in [9.17, 15) is 5.11 Å². The Bertz CT molecular complexity index is 270. The summed E-state index contributed by atoms with van der Waals surface area (Å²) >= 11 is 0. The number of aliphatic hydroxyl groups excluding tert-OH is 1. The second-order valence-corrected chi connectivity index (χ2v) is 18.8. The first kappa shape index (κ1) is 21.5. The fourth-order valence-corrected chi connectivity index (χ4v) is 10.2. The third-order valence-electron chi connectivity index (χ3n) is 4.12. The van der Waals surface area contributed by atoms with Crippen LogP contribution in [0.5, 0.6) is 0 Å². The molecule has 0 saturated carbocycles. The van der Waals surface area contributed by atoms with Gasteiger partial charge in [-0.3, -0.25) is 5.32 Å². The summed E-state index contributed by atoms with van der Waals surface area (Å²) in [6, 6.07) is 3.97. The van der Waals surface area contributed by atoms with Gasteiger partial charge in [0.25, 0.3) is 0 Å². The van der Waals surface area contributed by atoms with E-state index in [0.29, 0.717) is 0 Å². The lowest BCUT2D eigenvalue weighted by molar-refractivity contribution is -0.0297. The van der Waals surface area contributed by atoms with Gasteiger partial charge in [-0.25, -0.2) is 0 Å². The van der Waals surface area contributed by atoms with Crippen LogP contribution in [0, 0.1) is 0 Å². The number of nitrogens with one attached hydrogen (secondary N) is 1. The highest BCUT2D eigenvalue weighted by Gasteiger charge is 2.36. The Balaban J connectivity index is 4.48. The summed E-state index contributed by atoms with van der Waals surface area (Å²) in [5, 5.41) is 13.2. The van der Waals surface area contributed by atoms with E-state index >= 15 is 0 Å². The van der Waals surface area contributed by atoms with Crippen molar-refractivity contribution in [2.45, 2.75) is 82.4 Å². The summed E-state index contributed by atoms with van der Waals surface area (Å²) < 4.78 is 6.49. The minimum Gasteiger partial charge on any atom is -0.398 e. The molecule has 128 valence electrons. The maximum Gasteiger partial charge on any atom is 0.189 e. The molecule has 0 aromatic carbocycles. The standard InChI is InChI=1S/C15H39NO2Si3/c1-16-15(14-17,10-8-9-11-19(2)3)18-21(6,7)13-12-20(4)5/h16-17,19-20H,8-14H2,1-7H3. The molecule has 3 nitrogen and oxygen atoms in total. The Hall–Kier alpha value is 0.531. The highest BCUT2D eigenvalue weighted by molar-refractivity contribution is 6.73. The van der Waals surface area contributed by atoms with Crippen LogP contribution in [0.15, 0.2) is 0 Å². The molecule has 0 spiro atoms. The molecule has 6 heteroatoms. The molecule has 1 unspecified atom stereocenters. The van der Waals surface area contributed by atoms with E-state index in [0.717, 1.165) is 12.8 Å². The molecule has 0 heterocycles. The summed E-state index contributed by atoms with van der Waals surface area (Å²) in [5.74, 6) is 0. The highest BCUT2D eigenvalue weighted by Crippen LogP contribution is 2.26. The van der Waals surface area contributed by atoms with Gasteiger partial charge in [0.1, 0.15) is 5.72 Å². The summed E-state index contributed by atoms with van der Waals surface area (Å²) in [4.78, 5) is 0. The van der Waals surface area contributed by atoms with Crippen molar-refractivity contribution < 1.29 is 9.53 Å². The zero-order chi connectivity index (χ0) is 16.5. The van der Waals surface area contributed by atoms with Crippen molar-refractivity contribution in [2.75, 3.05) is 13.7 Å². The van der Waals surface area contributed by atoms with Gasteiger partial charge in [0, 0.05) is 17.6 Å². The number of aliphatic hydroxyl groups is 1. The lowest BCUT2D eigenvalue weighted by Gasteiger charge is -2.39. The third-order valence-corrected chi connectivity index (χ3v) is 10.1. The largest absolute Gasteiger partial charge is 0.398 e. The molecule has 0 aromatic rings. The van der Waals surface area contributed by atoms with E-state index in [2.05, 4.69) is 44.6 Å². The molecule has 0 amide bonds. The number of unbranched alkanes of at least 4 members (excludes halogenated alkanes) is 1. The van der Waals surface area contributed by atoms with Crippen molar-refractivity contribution in [3.63, 3.8) is 0 Å². The molecule has 0 aliphatic carbocycles. The molecule has 0 rings (SSSR count). The average Bonchev–Trinajstić information content (AvgIpc) is 2.40. The number of hydrogen-bond donors (Lipinski definition) is 2. The van der Waals surface area contributed by atoms with Crippen molar-refractivity contribution in [3.05, 3.63) is 0 Å². The Morgan fingerprint density at radius 1 is 1.05 bits per heavy atom. The van der Waals surface area contributed by atoms with Crippen LogP contribution in [0.4, 0.5) is 0 Å². The van der Waals surface area contributed by atoms with Crippen LogP contribution in [0.3, 0.4) is 0 Å². The summed E-state index contributed by atoms with van der Waals surface area (Å²) in [7, 11) is -0.747. The first-order valence-corrected chi connectivity index (χ1v) is 18.0. The Morgan fingerprint density at radius 3 is 2.05 bits per heavy atom. The molecule has 0 saturated heterocycles. The van der Waals surface area contributed by atoms with Crippen LogP contribution in [0.25, 0.3) is 0 Å². The first-order valence-electron chi connectivity index (χ1n) is 8.66. The van der Waals surface area contributed by atoms with Crippen LogP contribution in [-0.2, 0) is 4.43 Å². The highest BCUT2D eigenvalue weighted by atomic mass is 28.4. The van der Waals surface area contributed by atoms with Crippen LogP contribution in [0.1, 0.15) is 19.3 Å².